The van der Waals surface area contributed by atoms with Crippen LogP contribution in [0.5, 0.6) is 5.88 Å². The summed E-state index contributed by atoms with van der Waals surface area (Å²) in [5.74, 6) is -0.106. The zero-order valence-electron chi connectivity index (χ0n) is 32.3. The molecule has 8 rings (SSSR count). The average molecular weight is 741 g/mol. The molecule has 0 radical (unpaired) electrons. The molecule has 1 aromatic heterocycles. The van der Waals surface area contributed by atoms with Crippen LogP contribution in [0.1, 0.15) is 77.0 Å². The second-order valence-electron chi connectivity index (χ2n) is 16.4. The lowest BCUT2D eigenvalue weighted by atomic mass is 9.89. The summed E-state index contributed by atoms with van der Waals surface area (Å²) in [6.45, 7) is 14.3. The molecule has 4 saturated heterocycles. The van der Waals surface area contributed by atoms with Crippen molar-refractivity contribution in [2.75, 3.05) is 96.9 Å². The van der Waals surface area contributed by atoms with Crippen LogP contribution in [-0.4, -0.2) is 125 Å². The summed E-state index contributed by atoms with van der Waals surface area (Å²) in [4.78, 5) is 58.5. The Labute approximate surface area is 318 Å². The van der Waals surface area contributed by atoms with Crippen LogP contribution in [-0.2, 0) is 13.1 Å². The van der Waals surface area contributed by atoms with Gasteiger partial charge in [0.1, 0.15) is 0 Å². The van der Waals surface area contributed by atoms with Crippen LogP contribution in [0.4, 0.5) is 5.69 Å². The van der Waals surface area contributed by atoms with Gasteiger partial charge in [-0.1, -0.05) is 0 Å². The van der Waals surface area contributed by atoms with E-state index in [1.54, 1.807) is 6.07 Å². The maximum Gasteiger partial charge on any atom is 0.263 e. The standard InChI is InChI=1S/C42H60N8O4/c51-39-31-29-33(43-13-9-23-45-15-1-2-16-45)37-35-32(40(52)49(41(37)53)27-11-25-47-19-5-6-20-47)30-34(44-14-10-24-46-17-3-4-18-46)38(36(31)35)42(54)50(39)28-12-26-48-21-7-8-22-48/h29-30,43,51H,1-28H2. The first-order valence-corrected chi connectivity index (χ1v) is 21.2. The van der Waals surface area contributed by atoms with Gasteiger partial charge in [-0.3, -0.25) is 28.5 Å². The lowest BCUT2D eigenvalue weighted by molar-refractivity contribution is 0.318. The molecular weight excluding hydrogens is 681 g/mol. The predicted octanol–water partition coefficient (Wildman–Crippen LogP) is 3.62. The molecule has 1 aliphatic carbocycles. The quantitative estimate of drug-likeness (QED) is 0.124. The number of anilines is 1. The van der Waals surface area contributed by atoms with E-state index in [0.29, 0.717) is 76.3 Å². The van der Waals surface area contributed by atoms with E-state index >= 15 is 0 Å². The molecule has 292 valence electrons. The SMILES string of the molecule is O=c1c2c(=NCCCN3CCCC3)cc3c(=O)n(CCCN4CCCC4)c(=O)c4c(NCCCN5CCCC5)cc(c(O)n1CCCN1CCCC1)c2c4-3. The summed E-state index contributed by atoms with van der Waals surface area (Å²) in [5.41, 5.74) is 0.503. The largest absolute Gasteiger partial charge is 0.494 e. The third-order valence-corrected chi connectivity index (χ3v) is 12.7. The number of rotatable bonds is 17. The second-order valence-corrected chi connectivity index (χ2v) is 16.4. The normalized spacial score (nSPS) is 19.7. The summed E-state index contributed by atoms with van der Waals surface area (Å²) in [6, 6.07) is 3.65. The first kappa shape index (κ1) is 37.3. The number of hydrogen-bond donors (Lipinski definition) is 2. The van der Waals surface area contributed by atoms with E-state index in [9.17, 15) is 19.5 Å². The highest BCUT2D eigenvalue weighted by Gasteiger charge is 2.29. The van der Waals surface area contributed by atoms with Crippen molar-refractivity contribution in [2.24, 2.45) is 4.99 Å². The maximum atomic E-state index is 14.6. The van der Waals surface area contributed by atoms with Crippen molar-refractivity contribution in [1.82, 2.24) is 28.7 Å². The molecule has 54 heavy (non-hydrogen) atoms. The molecule has 1 aromatic carbocycles. The predicted molar refractivity (Wildman–Crippen MR) is 217 cm³/mol. The van der Waals surface area contributed by atoms with Crippen LogP contribution in [0.2, 0.25) is 0 Å². The third kappa shape index (κ3) is 7.76. The van der Waals surface area contributed by atoms with Crippen molar-refractivity contribution in [3.05, 3.63) is 48.6 Å². The summed E-state index contributed by atoms with van der Waals surface area (Å²) in [5, 5.41) is 17.9. The summed E-state index contributed by atoms with van der Waals surface area (Å²) in [7, 11) is 0. The lowest BCUT2D eigenvalue weighted by Crippen LogP contribution is -2.38. The molecule has 12 heteroatoms. The van der Waals surface area contributed by atoms with Gasteiger partial charge in [-0.05, 0) is 168 Å². The highest BCUT2D eigenvalue weighted by Crippen LogP contribution is 2.40. The first-order chi connectivity index (χ1) is 26.5. The summed E-state index contributed by atoms with van der Waals surface area (Å²) in [6.07, 6.45) is 12.9. The Morgan fingerprint density at radius 2 is 1.06 bits per heavy atom. The zero-order valence-corrected chi connectivity index (χ0v) is 32.3. The molecule has 0 amide bonds. The molecular formula is C42H60N8O4. The molecule has 0 spiro atoms. The van der Waals surface area contributed by atoms with E-state index in [2.05, 4.69) is 24.9 Å². The van der Waals surface area contributed by atoms with Crippen LogP contribution in [0.3, 0.4) is 0 Å². The fourth-order valence-electron chi connectivity index (χ4n) is 9.78. The molecule has 6 heterocycles. The fourth-order valence-corrected chi connectivity index (χ4v) is 9.78. The number of likely N-dealkylation sites (tertiary alicyclic amines) is 4. The molecule has 12 nitrogen and oxygen atoms in total. The molecule has 6 aliphatic rings. The Bertz CT molecular complexity index is 2090. The topological polar surface area (TPSA) is 119 Å². The Morgan fingerprint density at radius 1 is 0.556 bits per heavy atom. The number of hydrogen-bond acceptors (Lipinski definition) is 10. The highest BCUT2D eigenvalue weighted by molar-refractivity contribution is 6.18. The van der Waals surface area contributed by atoms with E-state index < -0.39 is 0 Å². The Balaban J connectivity index is 1.24. The summed E-state index contributed by atoms with van der Waals surface area (Å²) >= 11 is 0. The number of nitrogens with one attached hydrogen (secondary N) is 1. The average Bonchev–Trinajstić information content (AvgIpc) is 4.03. The number of benzene rings is 2. The van der Waals surface area contributed by atoms with Crippen molar-refractivity contribution >= 4 is 27.2 Å². The number of pyridine rings is 2. The van der Waals surface area contributed by atoms with Crippen molar-refractivity contribution in [2.45, 2.75) is 90.1 Å². The molecule has 0 atom stereocenters. The minimum atomic E-state index is -0.342. The van der Waals surface area contributed by atoms with E-state index in [1.807, 2.05) is 6.07 Å². The van der Waals surface area contributed by atoms with Crippen molar-refractivity contribution < 1.29 is 5.11 Å². The van der Waals surface area contributed by atoms with E-state index in [0.717, 1.165) is 97.8 Å². The minimum absolute atomic E-state index is 0.106. The van der Waals surface area contributed by atoms with Crippen molar-refractivity contribution in [3.8, 4) is 17.0 Å². The first-order valence-electron chi connectivity index (χ1n) is 21.2. The van der Waals surface area contributed by atoms with Crippen molar-refractivity contribution in [1.29, 1.82) is 0 Å². The molecule has 2 N–H and O–H groups in total. The molecule has 5 aliphatic heterocycles. The Kier molecular flexibility index (Phi) is 11.8. The zero-order chi connectivity index (χ0) is 37.0. The summed E-state index contributed by atoms with van der Waals surface area (Å²) < 4.78 is 2.92. The van der Waals surface area contributed by atoms with Crippen LogP contribution in [0, 0.1) is 0 Å². The van der Waals surface area contributed by atoms with Gasteiger partial charge in [0.05, 0.1) is 21.7 Å². The van der Waals surface area contributed by atoms with E-state index in [1.165, 1.54) is 60.5 Å². The van der Waals surface area contributed by atoms with Gasteiger partial charge < -0.3 is 30.0 Å². The van der Waals surface area contributed by atoms with Gasteiger partial charge >= 0.3 is 0 Å². The monoisotopic (exact) mass is 740 g/mol. The van der Waals surface area contributed by atoms with Gasteiger partial charge in [0, 0.05) is 48.2 Å². The fraction of sp³-hybridized carbons (Fsp3) is 0.667. The van der Waals surface area contributed by atoms with Crippen LogP contribution < -0.4 is 27.4 Å². The van der Waals surface area contributed by atoms with Crippen LogP contribution in [0.25, 0.3) is 32.7 Å². The van der Waals surface area contributed by atoms with Gasteiger partial charge in [-0.2, -0.15) is 0 Å². The van der Waals surface area contributed by atoms with Crippen LogP contribution in [0.15, 0.2) is 31.5 Å². The van der Waals surface area contributed by atoms with Gasteiger partial charge in [-0.15, -0.1) is 0 Å². The van der Waals surface area contributed by atoms with Gasteiger partial charge in [-0.25, -0.2) is 0 Å². The molecule has 4 fully saturated rings. The number of nitrogens with zero attached hydrogens (tertiary/aromatic N) is 7. The van der Waals surface area contributed by atoms with Crippen LogP contribution >= 0.6 is 0 Å². The maximum absolute atomic E-state index is 14.6. The number of aromatic hydroxyl groups is 1. The minimum Gasteiger partial charge on any atom is -0.494 e. The smallest absolute Gasteiger partial charge is 0.263 e. The van der Waals surface area contributed by atoms with Gasteiger partial charge in [0.2, 0.25) is 5.88 Å². The van der Waals surface area contributed by atoms with Gasteiger partial charge in [0.15, 0.2) is 0 Å². The second kappa shape index (κ2) is 17.1. The molecule has 0 unspecified atom stereocenters. The Morgan fingerprint density at radius 3 is 1.63 bits per heavy atom. The van der Waals surface area contributed by atoms with E-state index in [-0.39, 0.29) is 22.6 Å². The van der Waals surface area contributed by atoms with Crippen molar-refractivity contribution in [3.63, 3.8) is 0 Å². The highest BCUT2D eigenvalue weighted by atomic mass is 16.3. The lowest BCUT2D eigenvalue weighted by Gasteiger charge is -2.23. The number of aromatic nitrogens is 2. The molecule has 2 aromatic rings. The molecule has 0 bridgehead atoms. The van der Waals surface area contributed by atoms with Gasteiger partial charge in [0.25, 0.3) is 16.7 Å². The van der Waals surface area contributed by atoms with E-state index in [4.69, 9.17) is 4.99 Å². The Hall–Kier alpha value is -3.58. The third-order valence-electron chi connectivity index (χ3n) is 12.7. The molecule has 0 saturated carbocycles.